The molecule has 30 rings (SSSR count). The van der Waals surface area contributed by atoms with Crippen molar-refractivity contribution in [2.45, 2.75) is 301 Å². The average Bonchev–Trinajstić information content (AvgIpc) is 3.41. The van der Waals surface area contributed by atoms with Crippen LogP contribution in [0.15, 0.2) is 0 Å². The summed E-state index contributed by atoms with van der Waals surface area (Å²) >= 11 is 0. The van der Waals surface area contributed by atoms with Crippen LogP contribution in [-0.2, 0) is 75.8 Å². The van der Waals surface area contributed by atoms with E-state index in [1.807, 2.05) is 0 Å². The molecular formula is C48H80O32. The Labute approximate surface area is 457 Å². The minimum Gasteiger partial charge on any atom is -0.387 e. The zero-order valence-corrected chi connectivity index (χ0v) is 44.8. The molecule has 0 spiro atoms. The predicted octanol–water partition coefficient (Wildman–Crippen LogP) is -9.19. The van der Waals surface area contributed by atoms with Gasteiger partial charge in [0, 0.05) is 0 Å². The Balaban J connectivity index is 0.924. The highest BCUT2D eigenvalue weighted by Gasteiger charge is 2.58. The van der Waals surface area contributed by atoms with E-state index >= 15 is 0 Å². The maximum absolute atomic E-state index is 11.3. The molecule has 30 saturated heterocycles. The van der Waals surface area contributed by atoms with Crippen LogP contribution in [0, 0.1) is 0 Å². The number of aliphatic hydroxyl groups excluding tert-OH is 16. The normalized spacial score (nSPS) is 59.7. The third-order valence-electron chi connectivity index (χ3n) is 16.5. The first-order valence-electron chi connectivity index (χ1n) is 27.0. The second-order valence-corrected chi connectivity index (χ2v) is 22.3. The van der Waals surface area contributed by atoms with E-state index in [2.05, 4.69) is 0 Å². The van der Waals surface area contributed by atoms with E-state index in [4.69, 9.17) is 75.8 Å². The van der Waals surface area contributed by atoms with E-state index in [-0.39, 0.29) is 0 Å². The zero-order valence-electron chi connectivity index (χ0n) is 44.8. The highest BCUT2D eigenvalue weighted by atomic mass is 16.8. The van der Waals surface area contributed by atoms with Crippen molar-refractivity contribution in [3.05, 3.63) is 0 Å². The topological polar surface area (TPSA) is 471 Å². The van der Waals surface area contributed by atoms with Gasteiger partial charge in [0.25, 0.3) is 0 Å². The van der Waals surface area contributed by atoms with Crippen molar-refractivity contribution in [1.82, 2.24) is 0 Å². The fourth-order valence-electron chi connectivity index (χ4n) is 11.7. The third-order valence-corrected chi connectivity index (χ3v) is 16.5. The molecule has 30 fully saturated rings. The molecule has 80 heavy (non-hydrogen) atoms. The summed E-state index contributed by atoms with van der Waals surface area (Å²) in [6, 6.07) is 0. The van der Waals surface area contributed by atoms with Gasteiger partial charge in [-0.3, -0.25) is 0 Å². The summed E-state index contributed by atoms with van der Waals surface area (Å²) < 4.78 is 94.1. The first-order chi connectivity index (χ1) is 37.6. The largest absolute Gasteiger partial charge is 0.387 e. The van der Waals surface area contributed by atoms with Crippen LogP contribution < -0.4 is 0 Å². The summed E-state index contributed by atoms with van der Waals surface area (Å²) in [7, 11) is 0. The van der Waals surface area contributed by atoms with Crippen LogP contribution in [0.3, 0.4) is 0 Å². The second-order valence-electron chi connectivity index (χ2n) is 22.3. The molecule has 40 atom stereocenters. The summed E-state index contributed by atoms with van der Waals surface area (Å²) in [6.07, 6.45) is -64.9. The molecule has 16 N–H and O–H groups in total. The van der Waals surface area contributed by atoms with Crippen molar-refractivity contribution in [1.29, 1.82) is 0 Å². The van der Waals surface area contributed by atoms with Crippen molar-refractivity contribution < 1.29 is 157 Å². The van der Waals surface area contributed by atoms with Gasteiger partial charge in [-0.25, -0.2) is 0 Å². The lowest BCUT2D eigenvalue weighted by Gasteiger charge is -2.50. The molecule has 16 bridgehead atoms. The van der Waals surface area contributed by atoms with Crippen molar-refractivity contribution in [2.24, 2.45) is 0 Å². The van der Waals surface area contributed by atoms with E-state index in [0.717, 1.165) is 0 Å². The number of ether oxygens (including phenoxy) is 16. The fourth-order valence-corrected chi connectivity index (χ4v) is 11.7. The predicted molar refractivity (Wildman–Crippen MR) is 250 cm³/mol. The minimum absolute atomic E-state index is 1.17. The Morgan fingerprint density at radius 1 is 0.138 bits per heavy atom. The van der Waals surface area contributed by atoms with Gasteiger partial charge in [-0.05, 0) is 55.4 Å². The lowest BCUT2D eigenvalue weighted by Crippen LogP contribution is -2.67. The fraction of sp³-hybridized carbons (Fsp3) is 1.00. The van der Waals surface area contributed by atoms with E-state index in [1.165, 1.54) is 55.4 Å². The highest BCUT2D eigenvalue weighted by molar-refractivity contribution is 5.00. The molecule has 30 heterocycles. The van der Waals surface area contributed by atoms with Crippen molar-refractivity contribution in [3.8, 4) is 0 Å². The Morgan fingerprint density at radius 3 is 0.312 bits per heavy atom. The number of aliphatic hydroxyl groups is 16. The monoisotopic (exact) mass is 1170 g/mol. The number of rotatable bonds is 0. The first kappa shape index (κ1) is 63.2. The van der Waals surface area contributed by atoms with Gasteiger partial charge < -0.3 is 157 Å². The van der Waals surface area contributed by atoms with Gasteiger partial charge in [0.15, 0.2) is 50.3 Å². The smallest absolute Gasteiger partial charge is 0.187 e. The van der Waals surface area contributed by atoms with Crippen LogP contribution in [0.2, 0.25) is 0 Å². The third kappa shape index (κ3) is 12.1. The van der Waals surface area contributed by atoms with Gasteiger partial charge in [-0.1, -0.05) is 0 Å². The molecule has 32 nitrogen and oxygen atoms in total. The van der Waals surface area contributed by atoms with Gasteiger partial charge in [0.1, 0.15) is 146 Å². The Kier molecular flexibility index (Phi) is 19.9. The van der Waals surface area contributed by atoms with E-state index < -0.39 is 246 Å². The Bertz CT molecular complexity index is 1600. The molecule has 16 unspecified atom stereocenters. The standard InChI is InChI=1S/C48H80O32/c1-9-33-17(49)25(57)41(65-9)74-34-10(2)67-43(27(59)19(34)51)76-36-12(4)69-45(29(61)21(36)53)78-38-14(6)71-47(31(63)23(38)55)80-40-16(8)72-48(32(64)24(40)56)79-39-15(7)70-46(30(62)22(39)54)77-37-13(5)68-44(28(60)20(37)52)75-35-11(3)66-42(73-33)26(58)18(35)50/h9-64H,1-8H3/t9?,10?,11?,12?,13?,14?,15?,16?,17-,18-,19-,20-,21-,22-,23-,24-,25?,26?,27?,28?,29?,30?,31?,32?,33-,34-,35-,36-,37-,38-,39-,40-,41-,42-,43-,44-,45-,46-,47-,48-/m1/s1. The summed E-state index contributed by atoms with van der Waals surface area (Å²) in [6.45, 7) is 11.3. The molecule has 0 aromatic rings. The van der Waals surface area contributed by atoms with Crippen molar-refractivity contribution in [3.63, 3.8) is 0 Å². The molecule has 0 saturated carbocycles. The van der Waals surface area contributed by atoms with Crippen molar-refractivity contribution >= 4 is 0 Å². The number of hydrogen-bond acceptors (Lipinski definition) is 32. The molecular weight excluding hydrogens is 1090 g/mol. The highest BCUT2D eigenvalue weighted by Crippen LogP contribution is 2.39. The molecule has 0 aromatic carbocycles. The molecule has 0 amide bonds. The molecule has 30 aliphatic heterocycles. The maximum Gasteiger partial charge on any atom is 0.187 e. The lowest BCUT2D eigenvalue weighted by molar-refractivity contribution is -0.397. The maximum atomic E-state index is 11.3. The van der Waals surface area contributed by atoms with Crippen LogP contribution in [0.25, 0.3) is 0 Å². The first-order valence-corrected chi connectivity index (χ1v) is 27.0. The van der Waals surface area contributed by atoms with Crippen LogP contribution in [0.1, 0.15) is 55.4 Å². The minimum atomic E-state index is -1.92. The summed E-state index contributed by atoms with van der Waals surface area (Å²) in [5.41, 5.74) is 0. The van der Waals surface area contributed by atoms with Gasteiger partial charge in [-0.2, -0.15) is 0 Å². The Hall–Kier alpha value is -1.28. The van der Waals surface area contributed by atoms with E-state index in [0.29, 0.717) is 0 Å². The molecule has 0 aliphatic carbocycles. The van der Waals surface area contributed by atoms with Crippen LogP contribution >= 0.6 is 0 Å². The molecule has 0 radical (unpaired) electrons. The van der Waals surface area contributed by atoms with Crippen molar-refractivity contribution in [2.75, 3.05) is 0 Å². The summed E-state index contributed by atoms with van der Waals surface area (Å²) in [5, 5.41) is 181. The molecule has 464 valence electrons. The molecule has 32 heteroatoms. The molecule has 0 aromatic heterocycles. The van der Waals surface area contributed by atoms with Gasteiger partial charge in [0.2, 0.25) is 0 Å². The number of hydrogen-bond donors (Lipinski definition) is 16. The van der Waals surface area contributed by atoms with E-state index in [1.54, 1.807) is 0 Å². The second kappa shape index (κ2) is 25.2. The van der Waals surface area contributed by atoms with Gasteiger partial charge in [0.05, 0.1) is 48.8 Å². The van der Waals surface area contributed by atoms with Crippen LogP contribution in [0.5, 0.6) is 0 Å². The zero-order chi connectivity index (χ0) is 58.4. The van der Waals surface area contributed by atoms with Gasteiger partial charge in [-0.15, -0.1) is 0 Å². The SMILES string of the molecule is CC1O[C@@H]2O[C@@H]3C(C)O[C@H](O[C@@H]4C(C)O[C@H](O[C@@H]5C(C)O[C@H](O[C@@H]6C(C)O[C@H](O[C@@H]7C(C)O[C@H](O[C@@H]8C(C)O[C@H](O[C@@H]9C(C)O[C@H](O[C@H]1[C@H](O)C2O)C(O)[C@H]9O)C(O)[C@H]8O)C(O)[C@H]7O)C(O)[C@H]6O)C(O)[C@H]5O)C(O)[C@H]4O)C(O)[C@H]3O. The quantitative estimate of drug-likeness (QED) is 0.107. The van der Waals surface area contributed by atoms with E-state index in [9.17, 15) is 81.7 Å². The lowest BCUT2D eigenvalue weighted by atomic mass is 9.95. The molecule has 30 aliphatic rings. The summed E-state index contributed by atoms with van der Waals surface area (Å²) in [5.74, 6) is 0. The Morgan fingerprint density at radius 2 is 0.225 bits per heavy atom. The van der Waals surface area contributed by atoms with Gasteiger partial charge >= 0.3 is 0 Å². The summed E-state index contributed by atoms with van der Waals surface area (Å²) in [4.78, 5) is 0. The van der Waals surface area contributed by atoms with Crippen LogP contribution in [-0.4, -0.2) is 327 Å². The average molecular weight is 1170 g/mol. The van der Waals surface area contributed by atoms with Crippen LogP contribution in [0.4, 0.5) is 0 Å².